The van der Waals surface area contributed by atoms with Crippen molar-refractivity contribution in [2.45, 2.75) is 9.49 Å². The highest BCUT2D eigenvalue weighted by atomic mass is 32.2. The summed E-state index contributed by atoms with van der Waals surface area (Å²) in [7, 11) is 3.44. The third-order valence-electron chi connectivity index (χ3n) is 8.01. The molecule has 0 aliphatic rings. The summed E-state index contributed by atoms with van der Waals surface area (Å²) in [4.78, 5) is 0. The Kier molecular flexibility index (Phi) is 9.61. The molecule has 0 aliphatic carbocycles. The number of hydrogen-bond donors (Lipinski definition) is 0. The van der Waals surface area contributed by atoms with Gasteiger partial charge in [0.25, 0.3) is 0 Å². The molecule has 224 valence electrons. The van der Waals surface area contributed by atoms with Crippen molar-refractivity contribution in [3.63, 3.8) is 0 Å². The van der Waals surface area contributed by atoms with E-state index in [1.54, 1.807) is 14.2 Å². The molecule has 0 fully saturated rings. The van der Waals surface area contributed by atoms with Crippen LogP contribution in [0.1, 0.15) is 33.4 Å². The highest BCUT2D eigenvalue weighted by Crippen LogP contribution is 2.58. The van der Waals surface area contributed by atoms with E-state index in [1.807, 2.05) is 48.5 Å². The fraction of sp³-hybridized carbons (Fsp3) is 0.100. The minimum atomic E-state index is -0.762. The van der Waals surface area contributed by atoms with E-state index in [0.29, 0.717) is 0 Å². The summed E-state index contributed by atoms with van der Waals surface area (Å²) >= 11 is 2.85. The molecule has 0 atom stereocenters. The summed E-state index contributed by atoms with van der Waals surface area (Å²) < 4.78 is 17.5. The quantitative estimate of drug-likeness (QED) is 0.0995. The number of benzene rings is 6. The van der Waals surface area contributed by atoms with Crippen molar-refractivity contribution in [3.05, 3.63) is 203 Å². The molecule has 0 aromatic heterocycles. The fourth-order valence-corrected chi connectivity index (χ4v) is 8.32. The van der Waals surface area contributed by atoms with Gasteiger partial charge in [0.2, 0.25) is 0 Å². The number of para-hydroxylation sites is 2. The maximum absolute atomic E-state index is 7.01. The van der Waals surface area contributed by atoms with Crippen molar-refractivity contribution in [2.24, 2.45) is 0 Å². The van der Waals surface area contributed by atoms with Gasteiger partial charge in [0.15, 0.2) is 0 Å². The van der Waals surface area contributed by atoms with E-state index in [9.17, 15) is 0 Å². The summed E-state index contributed by atoms with van der Waals surface area (Å²) in [6.07, 6.45) is 0. The zero-order valence-corrected chi connectivity index (χ0v) is 26.8. The Balaban J connectivity index is 1.56. The van der Waals surface area contributed by atoms with Gasteiger partial charge in [0, 0.05) is 35.2 Å². The highest BCUT2D eigenvalue weighted by molar-refractivity contribution is 8.09. The Bertz CT molecular complexity index is 1580. The molecule has 3 nitrogen and oxygen atoms in total. The van der Waals surface area contributed by atoms with Crippen LogP contribution in [0.15, 0.2) is 170 Å². The largest absolute Gasteiger partial charge is 0.496 e. The molecule has 0 saturated carbocycles. The minimum absolute atomic E-state index is 0.762. The Morgan fingerprint density at radius 1 is 0.356 bits per heavy atom. The normalized spacial score (nSPS) is 11.6. The van der Waals surface area contributed by atoms with E-state index in [1.165, 1.54) is 24.1 Å². The zero-order valence-electron chi connectivity index (χ0n) is 25.2. The van der Waals surface area contributed by atoms with Crippen molar-refractivity contribution in [3.8, 4) is 11.5 Å². The molecular formula is C40H34O3S2. The summed E-state index contributed by atoms with van der Waals surface area (Å²) in [6, 6.07) is 58.4. The van der Waals surface area contributed by atoms with Crippen LogP contribution in [0, 0.1) is 0 Å². The zero-order chi connectivity index (χ0) is 31.0. The second-order valence-corrected chi connectivity index (χ2v) is 12.6. The van der Waals surface area contributed by atoms with Gasteiger partial charge >= 0.3 is 0 Å². The van der Waals surface area contributed by atoms with E-state index < -0.39 is 9.49 Å². The van der Waals surface area contributed by atoms with Crippen LogP contribution in [0.3, 0.4) is 0 Å². The van der Waals surface area contributed by atoms with Gasteiger partial charge in [-0.2, -0.15) is 0 Å². The van der Waals surface area contributed by atoms with Crippen LogP contribution in [-0.4, -0.2) is 14.2 Å². The Morgan fingerprint density at radius 3 is 0.911 bits per heavy atom. The average molecular weight is 627 g/mol. The lowest BCUT2D eigenvalue weighted by Gasteiger charge is -2.38. The first-order valence-electron chi connectivity index (χ1n) is 14.8. The number of rotatable bonds is 12. The molecule has 0 amide bonds. The van der Waals surface area contributed by atoms with E-state index in [-0.39, 0.29) is 0 Å². The van der Waals surface area contributed by atoms with Crippen LogP contribution < -0.4 is 9.47 Å². The number of methoxy groups -OCH3 is 2. The Morgan fingerprint density at radius 2 is 0.622 bits per heavy atom. The van der Waals surface area contributed by atoms with Crippen molar-refractivity contribution in [1.29, 1.82) is 0 Å². The summed E-state index contributed by atoms with van der Waals surface area (Å²) in [5.74, 6) is 1.57. The molecule has 0 radical (unpaired) electrons. The van der Waals surface area contributed by atoms with Crippen molar-refractivity contribution >= 4 is 24.1 Å². The van der Waals surface area contributed by atoms with Gasteiger partial charge in [-0.05, 0) is 34.4 Å². The SMILES string of the molecule is COc1ccccc1C(SOSC(c1ccccc1)(c1ccccc1)c1ccccc1OC)(c1ccccc1)c1ccccc1. The van der Waals surface area contributed by atoms with Crippen molar-refractivity contribution in [1.82, 2.24) is 0 Å². The van der Waals surface area contributed by atoms with Crippen LogP contribution in [0.4, 0.5) is 0 Å². The van der Waals surface area contributed by atoms with Crippen molar-refractivity contribution < 1.29 is 13.1 Å². The third kappa shape index (κ3) is 5.87. The first-order valence-corrected chi connectivity index (χ1v) is 16.2. The molecule has 0 bridgehead atoms. The molecule has 6 aromatic rings. The predicted molar refractivity (Wildman–Crippen MR) is 188 cm³/mol. The first kappa shape index (κ1) is 30.6. The predicted octanol–water partition coefficient (Wildman–Crippen LogP) is 10.3. The van der Waals surface area contributed by atoms with Crippen LogP contribution in [0.2, 0.25) is 0 Å². The van der Waals surface area contributed by atoms with Crippen LogP contribution in [0.25, 0.3) is 0 Å². The smallest absolute Gasteiger partial charge is 0.124 e. The van der Waals surface area contributed by atoms with Gasteiger partial charge in [-0.3, -0.25) is 0 Å². The summed E-state index contributed by atoms with van der Waals surface area (Å²) in [5.41, 5.74) is 6.31. The second-order valence-electron chi connectivity index (χ2n) is 10.5. The highest BCUT2D eigenvalue weighted by Gasteiger charge is 2.45. The van der Waals surface area contributed by atoms with Crippen LogP contribution >= 0.6 is 24.1 Å². The van der Waals surface area contributed by atoms with Gasteiger partial charge in [-0.25, -0.2) is 3.63 Å². The molecule has 6 aromatic carbocycles. The van der Waals surface area contributed by atoms with Crippen molar-refractivity contribution in [2.75, 3.05) is 14.2 Å². The van der Waals surface area contributed by atoms with Crippen LogP contribution in [0.5, 0.6) is 11.5 Å². The molecule has 0 unspecified atom stereocenters. The molecule has 0 N–H and O–H groups in total. The van der Waals surface area contributed by atoms with Crippen LogP contribution in [-0.2, 0) is 13.1 Å². The van der Waals surface area contributed by atoms with Gasteiger partial charge in [-0.1, -0.05) is 158 Å². The Hall–Kier alpha value is -4.42. The van der Waals surface area contributed by atoms with Gasteiger partial charge in [-0.15, -0.1) is 0 Å². The fourth-order valence-electron chi connectivity index (χ4n) is 5.92. The topological polar surface area (TPSA) is 27.7 Å². The van der Waals surface area contributed by atoms with E-state index >= 15 is 0 Å². The van der Waals surface area contributed by atoms with Gasteiger partial charge in [0.05, 0.1) is 14.2 Å². The monoisotopic (exact) mass is 626 g/mol. The van der Waals surface area contributed by atoms with Gasteiger partial charge < -0.3 is 9.47 Å². The maximum Gasteiger partial charge on any atom is 0.124 e. The minimum Gasteiger partial charge on any atom is -0.496 e. The lowest BCUT2D eigenvalue weighted by atomic mass is 9.83. The van der Waals surface area contributed by atoms with E-state index in [2.05, 4.69) is 121 Å². The second kappa shape index (κ2) is 14.1. The molecular weight excluding hydrogens is 593 g/mol. The summed E-state index contributed by atoms with van der Waals surface area (Å²) in [5, 5.41) is 0. The lowest BCUT2D eigenvalue weighted by molar-refractivity contribution is 0.407. The molecule has 0 spiro atoms. The standard InChI is InChI=1S/C40H34O3S2/c1-41-37-29-17-15-27-35(37)39(31-19-7-3-8-20-31,32-21-9-4-10-22-32)44-43-45-40(33-23-11-5-12-24-33,34-25-13-6-14-26-34)36-28-16-18-30-38(36)42-2/h3-30H,1-2H3. The lowest BCUT2D eigenvalue weighted by Crippen LogP contribution is -2.29. The van der Waals surface area contributed by atoms with Gasteiger partial charge in [0.1, 0.15) is 21.0 Å². The molecule has 0 saturated heterocycles. The molecule has 0 aliphatic heterocycles. The average Bonchev–Trinajstić information content (AvgIpc) is 3.13. The van der Waals surface area contributed by atoms with E-state index in [4.69, 9.17) is 13.1 Å². The molecule has 0 heterocycles. The molecule has 45 heavy (non-hydrogen) atoms. The third-order valence-corrected chi connectivity index (χ3v) is 10.4. The molecule has 5 heteroatoms. The number of hydrogen-bond acceptors (Lipinski definition) is 5. The maximum atomic E-state index is 7.01. The molecule has 6 rings (SSSR count). The first-order chi connectivity index (χ1) is 22.2. The Labute approximate surface area is 274 Å². The van der Waals surface area contributed by atoms with E-state index in [0.717, 1.165) is 44.9 Å². The number of ether oxygens (including phenoxy) is 2. The summed E-state index contributed by atoms with van der Waals surface area (Å²) in [6.45, 7) is 0.